The van der Waals surface area contributed by atoms with E-state index in [2.05, 4.69) is 62.8 Å². The monoisotopic (exact) mass is 520 g/mol. The van der Waals surface area contributed by atoms with Crippen LogP contribution in [-0.2, 0) is 6.61 Å². The van der Waals surface area contributed by atoms with Gasteiger partial charge in [-0.2, -0.15) is 15.1 Å². The number of hydrogen-bond acceptors (Lipinski definition) is 7. The Bertz CT molecular complexity index is 1380. The molecule has 7 nitrogen and oxygen atoms in total. The molecule has 0 amide bonds. The van der Waals surface area contributed by atoms with Crippen molar-refractivity contribution in [3.8, 4) is 5.75 Å². The van der Waals surface area contributed by atoms with Gasteiger partial charge in [-0.25, -0.2) is 0 Å². The highest BCUT2D eigenvalue weighted by Gasteiger charge is 2.19. The van der Waals surface area contributed by atoms with E-state index in [4.69, 9.17) is 14.7 Å². The molecule has 0 radical (unpaired) electrons. The fraction of sp³-hybridized carbons (Fsp3) is 0.344. The van der Waals surface area contributed by atoms with Crippen LogP contribution in [0, 0.1) is 0 Å². The number of aromatic nitrogens is 2. The van der Waals surface area contributed by atoms with Crippen molar-refractivity contribution in [1.82, 2.24) is 9.97 Å². The van der Waals surface area contributed by atoms with E-state index in [1.54, 1.807) is 0 Å². The predicted octanol–water partition coefficient (Wildman–Crippen LogP) is 6.64. The minimum atomic E-state index is 0.490. The Hall–Kier alpha value is -4.13. The molecule has 0 aliphatic carbocycles. The topological polar surface area (TPSA) is 65.9 Å². The zero-order chi connectivity index (χ0) is 26.3. The quantitative estimate of drug-likeness (QED) is 0.208. The molecule has 39 heavy (non-hydrogen) atoms. The Kier molecular flexibility index (Phi) is 7.84. The van der Waals surface area contributed by atoms with Crippen LogP contribution in [0.2, 0.25) is 0 Å². The summed E-state index contributed by atoms with van der Waals surface area (Å²) in [7, 11) is 0. The fourth-order valence-electron chi connectivity index (χ4n) is 5.46. The number of piperidine rings is 2. The number of rotatable bonds is 8. The van der Waals surface area contributed by atoms with E-state index in [-0.39, 0.29) is 0 Å². The van der Waals surface area contributed by atoms with Crippen LogP contribution < -0.4 is 20.0 Å². The summed E-state index contributed by atoms with van der Waals surface area (Å²) in [5.41, 5.74) is 5.26. The zero-order valence-corrected chi connectivity index (χ0v) is 22.4. The highest BCUT2D eigenvalue weighted by atomic mass is 16.5. The molecule has 0 atom stereocenters. The molecule has 3 aromatic carbocycles. The Morgan fingerprint density at radius 3 is 2.33 bits per heavy atom. The summed E-state index contributed by atoms with van der Waals surface area (Å²) in [6.45, 7) is 4.59. The molecule has 4 aromatic rings. The molecule has 2 aliphatic heterocycles. The second-order valence-electron chi connectivity index (χ2n) is 10.3. The normalized spacial score (nSPS) is 16.1. The van der Waals surface area contributed by atoms with Gasteiger partial charge in [0.1, 0.15) is 18.2 Å². The van der Waals surface area contributed by atoms with Crippen molar-refractivity contribution in [2.45, 2.75) is 45.1 Å². The van der Waals surface area contributed by atoms with Gasteiger partial charge in [-0.05, 0) is 67.0 Å². The number of fused-ring (bicyclic) bond motifs is 1. The molecule has 0 bridgehead atoms. The molecule has 200 valence electrons. The van der Waals surface area contributed by atoms with E-state index in [1.165, 1.54) is 49.3 Å². The first kappa shape index (κ1) is 25.2. The average Bonchev–Trinajstić information content (AvgIpc) is 3.01. The smallest absolute Gasteiger partial charge is 0.229 e. The van der Waals surface area contributed by atoms with Crippen LogP contribution in [0.5, 0.6) is 5.75 Å². The number of hydrogen-bond donors (Lipinski definition) is 1. The van der Waals surface area contributed by atoms with Gasteiger partial charge < -0.3 is 14.5 Å². The van der Waals surface area contributed by atoms with Crippen molar-refractivity contribution in [3.05, 3.63) is 83.9 Å². The average molecular weight is 521 g/mol. The van der Waals surface area contributed by atoms with Gasteiger partial charge in [-0.1, -0.05) is 54.6 Å². The molecular formula is C32H36N6O. The molecule has 6 rings (SSSR count). The van der Waals surface area contributed by atoms with Crippen LogP contribution in [0.1, 0.15) is 49.7 Å². The summed E-state index contributed by atoms with van der Waals surface area (Å²) in [4.78, 5) is 14.5. The van der Waals surface area contributed by atoms with Crippen LogP contribution in [0.25, 0.3) is 10.8 Å². The van der Waals surface area contributed by atoms with E-state index in [0.717, 1.165) is 60.6 Å². The second-order valence-corrected chi connectivity index (χ2v) is 10.3. The van der Waals surface area contributed by atoms with Crippen LogP contribution in [0.3, 0.4) is 0 Å². The lowest BCUT2D eigenvalue weighted by Crippen LogP contribution is -2.33. The molecule has 0 spiro atoms. The van der Waals surface area contributed by atoms with Crippen LogP contribution in [0.4, 0.5) is 17.6 Å². The summed E-state index contributed by atoms with van der Waals surface area (Å²) in [6, 6.07) is 24.8. The first-order chi connectivity index (χ1) is 19.3. The Labute approximate surface area is 230 Å². The second kappa shape index (κ2) is 12.2. The van der Waals surface area contributed by atoms with E-state index >= 15 is 0 Å². The SMILES string of the molecule is C(=NNc1cc(N2CCCCC2)nc(N2CCCCC2)n1)c1ccccc1OCc1cccc2ccccc12. The summed E-state index contributed by atoms with van der Waals surface area (Å²) in [6.07, 6.45) is 9.17. The molecule has 1 aromatic heterocycles. The van der Waals surface area contributed by atoms with Crippen molar-refractivity contribution in [1.29, 1.82) is 0 Å². The molecule has 1 N–H and O–H groups in total. The van der Waals surface area contributed by atoms with Gasteiger partial charge in [0.25, 0.3) is 0 Å². The van der Waals surface area contributed by atoms with Gasteiger partial charge >= 0.3 is 0 Å². The standard InChI is InChI=1S/C32H36N6O/c1-7-18-37(19-8-1)31-22-30(34-32(35-31)38-20-9-2-10-21-38)36-33-23-26-13-4-6-17-29(26)39-24-27-15-11-14-25-12-3-5-16-28(25)27/h3-6,11-17,22-23H,1-2,7-10,18-21,24H2,(H,34,35,36). The molecule has 2 fully saturated rings. The molecule has 2 aliphatic rings. The van der Waals surface area contributed by atoms with Crippen molar-refractivity contribution in [3.63, 3.8) is 0 Å². The van der Waals surface area contributed by atoms with Crippen molar-refractivity contribution in [2.75, 3.05) is 41.4 Å². The lowest BCUT2D eigenvalue weighted by Gasteiger charge is -2.31. The third kappa shape index (κ3) is 6.14. The molecular weight excluding hydrogens is 484 g/mol. The van der Waals surface area contributed by atoms with Crippen LogP contribution in [-0.4, -0.2) is 42.4 Å². The van der Waals surface area contributed by atoms with Crippen LogP contribution >= 0.6 is 0 Å². The summed E-state index contributed by atoms with van der Waals surface area (Å²) in [5, 5.41) is 7.00. The Balaban J connectivity index is 1.19. The van der Waals surface area contributed by atoms with Crippen molar-refractivity contribution >= 4 is 34.6 Å². The minimum Gasteiger partial charge on any atom is -0.488 e. The number of nitrogens with zero attached hydrogens (tertiary/aromatic N) is 5. The highest BCUT2D eigenvalue weighted by molar-refractivity contribution is 5.86. The first-order valence-corrected chi connectivity index (χ1v) is 14.2. The molecule has 2 saturated heterocycles. The van der Waals surface area contributed by atoms with Crippen molar-refractivity contribution in [2.24, 2.45) is 5.10 Å². The lowest BCUT2D eigenvalue weighted by molar-refractivity contribution is 0.307. The number of hydrazone groups is 1. The summed E-state index contributed by atoms with van der Waals surface area (Å²) >= 11 is 0. The van der Waals surface area contributed by atoms with E-state index < -0.39 is 0 Å². The molecule has 7 heteroatoms. The predicted molar refractivity (Wildman–Crippen MR) is 160 cm³/mol. The van der Waals surface area contributed by atoms with Gasteiger partial charge in [0.15, 0.2) is 5.82 Å². The number of nitrogens with one attached hydrogen (secondary N) is 1. The molecule has 0 unspecified atom stereocenters. The van der Waals surface area contributed by atoms with Gasteiger partial charge in [-0.3, -0.25) is 5.43 Å². The molecule has 3 heterocycles. The third-order valence-electron chi connectivity index (χ3n) is 7.58. The minimum absolute atomic E-state index is 0.490. The third-order valence-corrected chi connectivity index (χ3v) is 7.58. The number of para-hydroxylation sites is 1. The largest absolute Gasteiger partial charge is 0.488 e. The maximum Gasteiger partial charge on any atom is 0.229 e. The maximum absolute atomic E-state index is 6.27. The number of anilines is 3. The number of ether oxygens (including phenoxy) is 1. The van der Waals surface area contributed by atoms with Gasteiger partial charge in [0.05, 0.1) is 6.21 Å². The lowest BCUT2D eigenvalue weighted by atomic mass is 10.1. The maximum atomic E-state index is 6.27. The first-order valence-electron chi connectivity index (χ1n) is 14.2. The van der Waals surface area contributed by atoms with Crippen LogP contribution in [0.15, 0.2) is 77.9 Å². The Morgan fingerprint density at radius 1 is 0.769 bits per heavy atom. The Morgan fingerprint density at radius 2 is 1.49 bits per heavy atom. The summed E-state index contributed by atoms with van der Waals surface area (Å²) < 4.78 is 6.27. The summed E-state index contributed by atoms with van der Waals surface area (Å²) in [5.74, 6) is 3.30. The zero-order valence-electron chi connectivity index (χ0n) is 22.4. The van der Waals surface area contributed by atoms with Gasteiger partial charge in [0.2, 0.25) is 5.95 Å². The fourth-order valence-corrected chi connectivity index (χ4v) is 5.46. The van der Waals surface area contributed by atoms with Gasteiger partial charge in [0, 0.05) is 37.8 Å². The van der Waals surface area contributed by atoms with E-state index in [9.17, 15) is 0 Å². The van der Waals surface area contributed by atoms with Gasteiger partial charge in [-0.15, -0.1) is 0 Å². The number of benzene rings is 3. The van der Waals surface area contributed by atoms with E-state index in [0.29, 0.717) is 6.61 Å². The van der Waals surface area contributed by atoms with Crippen molar-refractivity contribution < 1.29 is 4.74 Å². The highest BCUT2D eigenvalue weighted by Crippen LogP contribution is 2.26. The molecule has 0 saturated carbocycles. The van der Waals surface area contributed by atoms with E-state index in [1.807, 2.05) is 36.5 Å².